The van der Waals surface area contributed by atoms with Crippen molar-refractivity contribution in [3.05, 3.63) is 48.3 Å². The number of aromatic nitrogens is 2. The van der Waals surface area contributed by atoms with Crippen LogP contribution in [-0.2, 0) is 4.79 Å². The van der Waals surface area contributed by atoms with Gasteiger partial charge in [-0.25, -0.2) is 9.97 Å². The highest BCUT2D eigenvalue weighted by molar-refractivity contribution is 5.95. The van der Waals surface area contributed by atoms with Gasteiger partial charge in [0.05, 0.1) is 6.54 Å². The molecule has 0 radical (unpaired) electrons. The Hall–Kier alpha value is -3.00. The molecule has 0 atom stereocenters. The number of carbonyl (C=O) groups is 2. The smallest absolute Gasteiger partial charge is 0.253 e. The molecule has 0 unspecified atom stereocenters. The second-order valence-electron chi connectivity index (χ2n) is 6.99. The third-order valence-electron chi connectivity index (χ3n) is 4.66. The van der Waals surface area contributed by atoms with Crippen molar-refractivity contribution < 1.29 is 9.59 Å². The van der Waals surface area contributed by atoms with E-state index in [9.17, 15) is 9.59 Å². The lowest BCUT2D eigenvalue weighted by atomic mass is 10.1. The molecule has 2 heterocycles. The van der Waals surface area contributed by atoms with Crippen LogP contribution in [0.2, 0.25) is 0 Å². The van der Waals surface area contributed by atoms with Crippen LogP contribution in [-0.4, -0.2) is 83.3 Å². The average Bonchev–Trinajstić information content (AvgIpc) is 2.94. The fourth-order valence-electron chi connectivity index (χ4n) is 3.07. The van der Waals surface area contributed by atoms with Crippen molar-refractivity contribution in [2.45, 2.75) is 6.42 Å². The van der Waals surface area contributed by atoms with Gasteiger partial charge in [-0.15, -0.1) is 0 Å². The molecule has 3 rings (SSSR count). The first kappa shape index (κ1) is 19.8. The lowest BCUT2D eigenvalue weighted by Crippen LogP contribution is -2.39. The van der Waals surface area contributed by atoms with Crippen LogP contribution in [0, 0.1) is 0 Å². The highest BCUT2D eigenvalue weighted by Crippen LogP contribution is 2.17. The van der Waals surface area contributed by atoms with E-state index in [1.807, 2.05) is 29.2 Å². The van der Waals surface area contributed by atoms with Gasteiger partial charge in [0.1, 0.15) is 0 Å². The van der Waals surface area contributed by atoms with Crippen molar-refractivity contribution in [3.63, 3.8) is 0 Å². The molecule has 1 aromatic heterocycles. The Bertz CT molecular complexity index is 811. The Kier molecular flexibility index (Phi) is 6.54. The maximum Gasteiger partial charge on any atom is 0.253 e. The second-order valence-corrected chi connectivity index (χ2v) is 6.99. The van der Waals surface area contributed by atoms with Gasteiger partial charge in [0, 0.05) is 63.9 Å². The molecule has 1 aliphatic rings. The van der Waals surface area contributed by atoms with E-state index in [0.717, 1.165) is 18.7 Å². The normalized spacial score (nSPS) is 15.0. The molecule has 0 bridgehead atoms. The number of hydrogen-bond acceptors (Lipinski definition) is 6. The lowest BCUT2D eigenvalue weighted by Gasteiger charge is -2.23. The first-order chi connectivity index (χ1) is 13.5. The highest BCUT2D eigenvalue weighted by atomic mass is 16.2. The summed E-state index contributed by atoms with van der Waals surface area (Å²) in [6, 6.07) is 9.11. The zero-order valence-corrected chi connectivity index (χ0v) is 16.3. The molecule has 0 saturated carbocycles. The van der Waals surface area contributed by atoms with E-state index in [4.69, 9.17) is 0 Å². The Balaban J connectivity index is 1.62. The van der Waals surface area contributed by atoms with Crippen LogP contribution in [0.3, 0.4) is 0 Å². The maximum absolute atomic E-state index is 13.0. The molecule has 148 valence electrons. The topological polar surface area (TPSA) is 81.7 Å². The summed E-state index contributed by atoms with van der Waals surface area (Å²) in [6.07, 6.45) is 4.17. The minimum atomic E-state index is -0.00147. The van der Waals surface area contributed by atoms with Gasteiger partial charge in [0.2, 0.25) is 11.9 Å². The number of carbonyl (C=O) groups excluding carboxylic acids is 2. The number of amides is 2. The quantitative estimate of drug-likeness (QED) is 0.843. The number of hydrogen-bond donors (Lipinski definition) is 1. The van der Waals surface area contributed by atoms with Gasteiger partial charge in [-0.3, -0.25) is 14.5 Å². The summed E-state index contributed by atoms with van der Waals surface area (Å²) in [6.45, 7) is 3.20. The predicted octanol–water partition coefficient (Wildman–Crippen LogP) is 1.46. The summed E-state index contributed by atoms with van der Waals surface area (Å²) in [5.41, 5.74) is 1.39. The standard InChI is InChI=1S/C20H26N6O2/c1-24(2)18(27)15-25-10-5-11-26(13-12-25)19(28)16-6-3-7-17(14-16)23-20-21-8-4-9-22-20/h3-4,6-9,14H,5,10-13,15H2,1-2H3,(H,21,22,23). The van der Waals surface area contributed by atoms with Gasteiger partial charge < -0.3 is 15.1 Å². The Labute approximate surface area is 165 Å². The number of anilines is 2. The summed E-state index contributed by atoms with van der Waals surface area (Å²) < 4.78 is 0. The van der Waals surface area contributed by atoms with E-state index in [1.54, 1.807) is 37.5 Å². The van der Waals surface area contributed by atoms with Crippen LogP contribution in [0.15, 0.2) is 42.7 Å². The minimum Gasteiger partial charge on any atom is -0.348 e. The van der Waals surface area contributed by atoms with Crippen molar-refractivity contribution in [3.8, 4) is 0 Å². The number of benzene rings is 1. The van der Waals surface area contributed by atoms with E-state index in [0.29, 0.717) is 37.7 Å². The minimum absolute atomic E-state index is 0.00147. The van der Waals surface area contributed by atoms with Crippen LogP contribution in [0.5, 0.6) is 0 Å². The van der Waals surface area contributed by atoms with Crippen molar-refractivity contribution >= 4 is 23.5 Å². The Morgan fingerprint density at radius 2 is 1.86 bits per heavy atom. The largest absolute Gasteiger partial charge is 0.348 e. The molecule has 28 heavy (non-hydrogen) atoms. The summed E-state index contributed by atoms with van der Waals surface area (Å²) in [5, 5.41) is 3.11. The molecule has 2 amide bonds. The van der Waals surface area contributed by atoms with Crippen molar-refractivity contribution in [1.82, 2.24) is 24.7 Å². The number of rotatable bonds is 5. The predicted molar refractivity (Wildman–Crippen MR) is 107 cm³/mol. The monoisotopic (exact) mass is 382 g/mol. The zero-order valence-electron chi connectivity index (χ0n) is 16.3. The summed E-state index contributed by atoms with van der Waals surface area (Å²) in [5.74, 6) is 0.572. The van der Waals surface area contributed by atoms with Crippen LogP contribution < -0.4 is 5.32 Å². The maximum atomic E-state index is 13.0. The van der Waals surface area contributed by atoms with Crippen molar-refractivity contribution in [1.29, 1.82) is 0 Å². The first-order valence-electron chi connectivity index (χ1n) is 9.39. The lowest BCUT2D eigenvalue weighted by molar-refractivity contribution is -0.129. The van der Waals surface area contributed by atoms with E-state index in [2.05, 4.69) is 20.2 Å². The summed E-state index contributed by atoms with van der Waals surface area (Å²) in [4.78, 5) is 38.8. The average molecular weight is 382 g/mol. The van der Waals surface area contributed by atoms with Crippen molar-refractivity contribution in [2.75, 3.05) is 52.1 Å². The molecule has 1 fully saturated rings. The zero-order chi connectivity index (χ0) is 19.9. The first-order valence-corrected chi connectivity index (χ1v) is 9.39. The molecule has 1 aromatic carbocycles. The van der Waals surface area contributed by atoms with E-state index < -0.39 is 0 Å². The van der Waals surface area contributed by atoms with E-state index in [1.165, 1.54) is 0 Å². The van der Waals surface area contributed by atoms with Crippen molar-refractivity contribution in [2.24, 2.45) is 0 Å². The van der Waals surface area contributed by atoms with E-state index in [-0.39, 0.29) is 11.8 Å². The van der Waals surface area contributed by atoms with Gasteiger partial charge in [-0.1, -0.05) is 6.07 Å². The molecule has 2 aromatic rings. The molecular weight excluding hydrogens is 356 g/mol. The van der Waals surface area contributed by atoms with Crippen LogP contribution >= 0.6 is 0 Å². The molecule has 1 aliphatic heterocycles. The second kappa shape index (κ2) is 9.27. The summed E-state index contributed by atoms with van der Waals surface area (Å²) >= 11 is 0. The van der Waals surface area contributed by atoms with Crippen LogP contribution in [0.25, 0.3) is 0 Å². The third kappa shape index (κ3) is 5.26. The van der Waals surface area contributed by atoms with Gasteiger partial charge in [-0.2, -0.15) is 0 Å². The Morgan fingerprint density at radius 3 is 2.61 bits per heavy atom. The van der Waals surface area contributed by atoms with Gasteiger partial charge in [0.15, 0.2) is 0 Å². The number of nitrogens with zero attached hydrogens (tertiary/aromatic N) is 5. The summed E-state index contributed by atoms with van der Waals surface area (Å²) in [7, 11) is 3.52. The molecule has 0 aliphatic carbocycles. The Morgan fingerprint density at radius 1 is 1.07 bits per heavy atom. The van der Waals surface area contributed by atoms with Gasteiger partial charge in [-0.05, 0) is 30.7 Å². The molecule has 1 saturated heterocycles. The van der Waals surface area contributed by atoms with Gasteiger partial charge >= 0.3 is 0 Å². The third-order valence-corrected chi connectivity index (χ3v) is 4.66. The fraction of sp³-hybridized carbons (Fsp3) is 0.400. The molecule has 8 nitrogen and oxygen atoms in total. The van der Waals surface area contributed by atoms with E-state index >= 15 is 0 Å². The molecule has 1 N–H and O–H groups in total. The van der Waals surface area contributed by atoms with Crippen LogP contribution in [0.1, 0.15) is 16.8 Å². The molecule has 8 heteroatoms. The number of likely N-dealkylation sites (N-methyl/N-ethyl adjacent to an activating group) is 1. The van der Waals surface area contributed by atoms with Crippen LogP contribution in [0.4, 0.5) is 11.6 Å². The molecule has 0 spiro atoms. The fourth-order valence-corrected chi connectivity index (χ4v) is 3.07. The SMILES string of the molecule is CN(C)C(=O)CN1CCCN(C(=O)c2cccc(Nc3ncccn3)c2)CC1. The molecular formula is C20H26N6O2. The highest BCUT2D eigenvalue weighted by Gasteiger charge is 2.22. The van der Waals surface area contributed by atoms with Gasteiger partial charge in [0.25, 0.3) is 5.91 Å². The number of nitrogens with one attached hydrogen (secondary N) is 1.